The molecule has 0 spiro atoms. The molecule has 1 atom stereocenters. The molecular weight excluding hydrogens is 341 g/mol. The van der Waals surface area contributed by atoms with Gasteiger partial charge >= 0.3 is 35.7 Å². The predicted octanol–water partition coefficient (Wildman–Crippen LogP) is 0.634. The molecule has 0 bridgehead atoms. The number of carbonyl (C=O) groups is 1. The number of hydrogen-bond donors (Lipinski definition) is 1. The molecule has 6 nitrogen and oxygen atoms in total. The third-order valence-electron chi connectivity index (χ3n) is 4.51. The first-order chi connectivity index (χ1) is 12.1. The van der Waals surface area contributed by atoms with Gasteiger partial charge in [-0.15, -0.1) is 0 Å². The molecule has 0 aliphatic carbocycles. The second-order valence-electron chi connectivity index (χ2n) is 6.26. The monoisotopic (exact) mass is 374 g/mol. The van der Waals surface area contributed by atoms with Crippen LogP contribution in [0.2, 0.25) is 0 Å². The molecule has 1 saturated heterocycles. The third-order valence-corrected chi connectivity index (χ3v) is 4.51. The van der Waals surface area contributed by atoms with E-state index in [0.717, 1.165) is 38.0 Å². The maximum absolute atomic E-state index is 11.3. The van der Waals surface area contributed by atoms with Gasteiger partial charge in [0.25, 0.3) is 0 Å². The molecule has 1 fully saturated rings. The van der Waals surface area contributed by atoms with Gasteiger partial charge in [-0.1, -0.05) is 19.3 Å². The Balaban J connectivity index is 0.000000464. The summed E-state index contributed by atoms with van der Waals surface area (Å²) in [5.74, 6) is 1.01. The number of nitrogens with zero attached hydrogens (tertiary/aromatic N) is 3. The van der Waals surface area contributed by atoms with E-state index in [-0.39, 0.29) is 42.4 Å². The maximum Gasteiger partial charge on any atom is 1.00 e. The van der Waals surface area contributed by atoms with Crippen molar-refractivity contribution in [1.29, 1.82) is 0 Å². The van der Waals surface area contributed by atoms with Crippen LogP contribution in [0.4, 0.5) is 4.79 Å². The molecule has 1 aromatic rings. The molecular formula is C19H33N3NaO3-. The first-order valence-corrected chi connectivity index (χ1v) is 9.23. The summed E-state index contributed by atoms with van der Waals surface area (Å²) in [4.78, 5) is 13.1. The minimum Gasteiger partial charge on any atom is -0.450 e. The zero-order chi connectivity index (χ0) is 18.7. The fraction of sp³-hybridized carbons (Fsp3) is 0.684. The van der Waals surface area contributed by atoms with Crippen molar-refractivity contribution in [1.82, 2.24) is 14.7 Å². The van der Waals surface area contributed by atoms with Crippen LogP contribution in [0.25, 0.3) is 0 Å². The Morgan fingerprint density at radius 3 is 2.65 bits per heavy atom. The van der Waals surface area contributed by atoms with Crippen molar-refractivity contribution in [2.75, 3.05) is 19.7 Å². The minimum absolute atomic E-state index is 0. The van der Waals surface area contributed by atoms with Crippen LogP contribution in [0.15, 0.2) is 12.3 Å². The van der Waals surface area contributed by atoms with Gasteiger partial charge in [0.15, 0.2) is 0 Å². The Morgan fingerprint density at radius 1 is 1.42 bits per heavy atom. The number of hydrogen-bond acceptors (Lipinski definition) is 4. The largest absolute Gasteiger partial charge is 1.00 e. The number of amides is 1. The van der Waals surface area contributed by atoms with E-state index in [0.29, 0.717) is 18.4 Å². The fourth-order valence-electron chi connectivity index (χ4n) is 3.11. The average Bonchev–Trinajstić information content (AvgIpc) is 3.27. The Kier molecular flexibility index (Phi) is 14.2. The van der Waals surface area contributed by atoms with Crippen LogP contribution in [-0.2, 0) is 11.5 Å². The molecule has 7 heteroatoms. The number of carbonyl (C=O) groups excluding carboxylic acids is 1. The number of rotatable bonds is 7. The van der Waals surface area contributed by atoms with Crippen LogP contribution in [0.3, 0.4) is 0 Å². The maximum atomic E-state index is 11.3. The topological polar surface area (TPSA) is 67.6 Å². The summed E-state index contributed by atoms with van der Waals surface area (Å²) < 4.78 is 6.51. The van der Waals surface area contributed by atoms with Gasteiger partial charge in [0.2, 0.25) is 0 Å². The summed E-state index contributed by atoms with van der Waals surface area (Å²) >= 11 is 0. The first kappa shape index (κ1) is 25.4. The molecule has 1 aliphatic rings. The summed E-state index contributed by atoms with van der Waals surface area (Å²) in [6.45, 7) is 13.9. The summed E-state index contributed by atoms with van der Waals surface area (Å²) in [6.07, 6.45) is 6.71. The molecule has 0 saturated carbocycles. The van der Waals surface area contributed by atoms with Gasteiger partial charge < -0.3 is 28.6 Å². The molecule has 144 valence electrons. The second kappa shape index (κ2) is 14.5. The number of aliphatic hydroxyl groups excluding tert-OH is 1. The Bertz CT molecular complexity index is 492. The Hall–Kier alpha value is -0.560. The van der Waals surface area contributed by atoms with E-state index < -0.39 is 0 Å². The van der Waals surface area contributed by atoms with Gasteiger partial charge in [0.1, 0.15) is 6.73 Å². The van der Waals surface area contributed by atoms with Crippen molar-refractivity contribution in [3.05, 3.63) is 31.8 Å². The molecule has 1 aromatic heterocycles. The van der Waals surface area contributed by atoms with Gasteiger partial charge in [-0.2, -0.15) is 17.9 Å². The third kappa shape index (κ3) is 7.99. The molecule has 0 aromatic carbocycles. The van der Waals surface area contributed by atoms with Crippen molar-refractivity contribution in [3.8, 4) is 0 Å². The molecule has 2 rings (SSSR count). The predicted molar refractivity (Wildman–Crippen MR) is 98.7 cm³/mol. The number of aliphatic hydroxyl groups is 1. The summed E-state index contributed by atoms with van der Waals surface area (Å²) in [5, 5.41) is 12.9. The van der Waals surface area contributed by atoms with E-state index in [1.165, 1.54) is 12.8 Å². The SMILES string of the molecule is CCCC1CCN(C(=O)OCC)C1.[CH2-]CC(C[CH2-])c1ccnn1CO.[Na+]. The van der Waals surface area contributed by atoms with Gasteiger partial charge in [0.05, 0.1) is 6.61 Å². The first-order valence-electron chi connectivity index (χ1n) is 9.23. The summed E-state index contributed by atoms with van der Waals surface area (Å²) in [7, 11) is 0. The molecule has 1 aliphatic heterocycles. The second-order valence-corrected chi connectivity index (χ2v) is 6.26. The summed E-state index contributed by atoms with van der Waals surface area (Å²) in [6, 6.07) is 1.90. The van der Waals surface area contributed by atoms with Crippen LogP contribution < -0.4 is 29.6 Å². The summed E-state index contributed by atoms with van der Waals surface area (Å²) in [5.41, 5.74) is 1.02. The fourth-order valence-corrected chi connectivity index (χ4v) is 3.11. The molecule has 2 heterocycles. The average molecular weight is 374 g/mol. The van der Waals surface area contributed by atoms with Gasteiger partial charge in [-0.05, 0) is 31.7 Å². The smallest absolute Gasteiger partial charge is 0.450 e. The van der Waals surface area contributed by atoms with Gasteiger partial charge in [0, 0.05) is 25.0 Å². The van der Waals surface area contributed by atoms with E-state index in [4.69, 9.17) is 9.84 Å². The minimum atomic E-state index is -0.138. The van der Waals surface area contributed by atoms with Crippen molar-refractivity contribution < 1.29 is 44.2 Å². The number of likely N-dealkylation sites (tertiary alicyclic amines) is 1. The van der Waals surface area contributed by atoms with Crippen molar-refractivity contribution in [3.63, 3.8) is 0 Å². The number of aromatic nitrogens is 2. The van der Waals surface area contributed by atoms with Crippen LogP contribution in [0, 0.1) is 19.8 Å². The molecule has 0 radical (unpaired) electrons. The van der Waals surface area contributed by atoms with Crippen molar-refractivity contribution >= 4 is 6.09 Å². The van der Waals surface area contributed by atoms with Crippen LogP contribution >= 0.6 is 0 Å². The zero-order valence-electron chi connectivity index (χ0n) is 16.7. The van der Waals surface area contributed by atoms with Gasteiger partial charge in [-0.25, -0.2) is 9.48 Å². The van der Waals surface area contributed by atoms with E-state index >= 15 is 0 Å². The van der Waals surface area contributed by atoms with Crippen molar-refractivity contribution in [2.45, 2.75) is 58.6 Å². The molecule has 1 unspecified atom stereocenters. The Morgan fingerprint density at radius 2 is 2.12 bits per heavy atom. The van der Waals surface area contributed by atoms with Gasteiger partial charge in [-0.3, -0.25) is 0 Å². The van der Waals surface area contributed by atoms with E-state index in [2.05, 4.69) is 25.9 Å². The van der Waals surface area contributed by atoms with Crippen LogP contribution in [0.5, 0.6) is 0 Å². The molecule has 1 N–H and O–H groups in total. The quantitative estimate of drug-likeness (QED) is 0.562. The number of ether oxygens (including phenoxy) is 1. The van der Waals surface area contributed by atoms with E-state index in [1.54, 1.807) is 10.9 Å². The van der Waals surface area contributed by atoms with Crippen molar-refractivity contribution in [2.24, 2.45) is 5.92 Å². The van der Waals surface area contributed by atoms with Crippen LogP contribution in [0.1, 0.15) is 57.6 Å². The Labute approximate surface area is 180 Å². The van der Waals surface area contributed by atoms with E-state index in [9.17, 15) is 4.79 Å². The standard InChI is InChI=1S/C10H19NO2.C9H14N2O.Na/c1-3-5-9-6-7-11(8-9)10(12)13-4-2;1-3-8(4-2)9-5-6-10-11(9)7-12;/h9H,3-8H2,1-2H3;5-6,8,12H,1-4,7H2;/q;-2;+1. The zero-order valence-corrected chi connectivity index (χ0v) is 18.7. The van der Waals surface area contributed by atoms with Crippen LogP contribution in [-0.4, -0.2) is 45.6 Å². The van der Waals surface area contributed by atoms with E-state index in [1.807, 2.05) is 17.9 Å². The molecule has 26 heavy (non-hydrogen) atoms. The normalized spacial score (nSPS) is 16.1. The molecule has 1 amide bonds.